The molecule has 0 aliphatic carbocycles. The van der Waals surface area contributed by atoms with Gasteiger partial charge < -0.3 is 10.5 Å². The van der Waals surface area contributed by atoms with E-state index in [1.54, 1.807) is 7.11 Å². The zero-order valence-corrected chi connectivity index (χ0v) is 14.1. The first-order valence-corrected chi connectivity index (χ1v) is 8.11. The van der Waals surface area contributed by atoms with Crippen molar-refractivity contribution in [3.8, 4) is 5.75 Å². The van der Waals surface area contributed by atoms with Gasteiger partial charge in [-0.3, -0.25) is 15.0 Å². The summed E-state index contributed by atoms with van der Waals surface area (Å²) < 4.78 is 5.30. The number of methoxy groups -OCH3 is 1. The van der Waals surface area contributed by atoms with Crippen molar-refractivity contribution in [1.29, 1.82) is 0 Å². The minimum Gasteiger partial charge on any atom is -0.497 e. The molecule has 3 N–H and O–H groups in total. The van der Waals surface area contributed by atoms with Crippen molar-refractivity contribution in [2.45, 2.75) is 19.0 Å². The number of hydrogen-bond acceptors (Lipinski definition) is 4. The van der Waals surface area contributed by atoms with Crippen LogP contribution in [0.15, 0.2) is 48.5 Å². The third-order valence-electron chi connectivity index (χ3n) is 4.43. The first-order chi connectivity index (χ1) is 12.1. The number of amides is 3. The molecule has 2 aromatic rings. The van der Waals surface area contributed by atoms with Gasteiger partial charge in [0.25, 0.3) is 0 Å². The normalized spacial score (nSPS) is 16.8. The number of carbonyl (C=O) groups excluding carboxylic acids is 2. The fraction of sp³-hybridized carbons (Fsp3) is 0.263. The standard InChI is InChI=1S/C19H21N3O3/c1-25-16-8-7-14-10-17(13-5-3-2-4-6-13)22(11-15(14)9-16)12-18(23)21-19(20)24/h2-9,17H,10-12H2,1H3,(H3,20,21,23,24)/t17-/m0/s1. The molecule has 0 spiro atoms. The van der Waals surface area contributed by atoms with E-state index >= 15 is 0 Å². The Balaban J connectivity index is 1.90. The van der Waals surface area contributed by atoms with E-state index in [1.165, 1.54) is 5.56 Å². The summed E-state index contributed by atoms with van der Waals surface area (Å²) in [4.78, 5) is 25.0. The lowest BCUT2D eigenvalue weighted by molar-refractivity contribution is -0.122. The topological polar surface area (TPSA) is 84.7 Å². The molecule has 2 aromatic carbocycles. The number of imide groups is 1. The van der Waals surface area contributed by atoms with Crippen LogP contribution in [0.25, 0.3) is 0 Å². The van der Waals surface area contributed by atoms with E-state index in [9.17, 15) is 9.59 Å². The van der Waals surface area contributed by atoms with Crippen LogP contribution in [-0.2, 0) is 17.8 Å². The van der Waals surface area contributed by atoms with Crippen molar-refractivity contribution in [2.75, 3.05) is 13.7 Å². The van der Waals surface area contributed by atoms with Crippen molar-refractivity contribution >= 4 is 11.9 Å². The number of carbonyl (C=O) groups is 2. The van der Waals surface area contributed by atoms with Crippen molar-refractivity contribution in [1.82, 2.24) is 10.2 Å². The van der Waals surface area contributed by atoms with Crippen LogP contribution in [0.1, 0.15) is 22.7 Å². The molecule has 3 rings (SSSR count). The lowest BCUT2D eigenvalue weighted by Gasteiger charge is -2.37. The van der Waals surface area contributed by atoms with Gasteiger partial charge in [0.15, 0.2) is 0 Å². The van der Waals surface area contributed by atoms with E-state index < -0.39 is 11.9 Å². The van der Waals surface area contributed by atoms with E-state index in [-0.39, 0.29) is 12.6 Å². The van der Waals surface area contributed by atoms with Gasteiger partial charge in [-0.2, -0.15) is 0 Å². The number of nitrogens with one attached hydrogen (secondary N) is 1. The fourth-order valence-corrected chi connectivity index (χ4v) is 3.27. The van der Waals surface area contributed by atoms with Crippen molar-refractivity contribution in [2.24, 2.45) is 5.73 Å². The van der Waals surface area contributed by atoms with Gasteiger partial charge in [0, 0.05) is 12.6 Å². The van der Waals surface area contributed by atoms with Gasteiger partial charge in [0.2, 0.25) is 5.91 Å². The molecule has 0 aromatic heterocycles. The molecule has 1 atom stereocenters. The van der Waals surface area contributed by atoms with Gasteiger partial charge in [0.05, 0.1) is 13.7 Å². The minimum absolute atomic E-state index is 0.0562. The average Bonchev–Trinajstić information content (AvgIpc) is 2.60. The van der Waals surface area contributed by atoms with Gasteiger partial charge in [-0.1, -0.05) is 36.4 Å². The maximum atomic E-state index is 12.1. The van der Waals surface area contributed by atoms with Gasteiger partial charge in [0.1, 0.15) is 5.75 Å². The summed E-state index contributed by atoms with van der Waals surface area (Å²) in [6.07, 6.45) is 0.785. The summed E-state index contributed by atoms with van der Waals surface area (Å²) in [6.45, 7) is 0.692. The third kappa shape index (κ3) is 3.97. The number of nitrogens with zero attached hydrogens (tertiary/aromatic N) is 1. The zero-order valence-electron chi connectivity index (χ0n) is 14.1. The number of ether oxygens (including phenoxy) is 1. The Hall–Kier alpha value is -2.86. The highest BCUT2D eigenvalue weighted by atomic mass is 16.5. The summed E-state index contributed by atoms with van der Waals surface area (Å²) in [5.74, 6) is 0.387. The van der Waals surface area contributed by atoms with Crippen LogP contribution < -0.4 is 15.8 Å². The first kappa shape index (κ1) is 17.0. The van der Waals surface area contributed by atoms with Crippen LogP contribution in [0.4, 0.5) is 4.79 Å². The molecule has 0 saturated carbocycles. The number of rotatable bonds is 4. The monoisotopic (exact) mass is 339 g/mol. The Kier molecular flexibility index (Phi) is 5.00. The number of hydrogen-bond donors (Lipinski definition) is 2. The van der Waals surface area contributed by atoms with Gasteiger partial charge in [-0.05, 0) is 35.2 Å². The van der Waals surface area contributed by atoms with Crippen LogP contribution >= 0.6 is 0 Å². The second-order valence-electron chi connectivity index (χ2n) is 6.08. The molecule has 1 aliphatic heterocycles. The van der Waals surface area contributed by atoms with Gasteiger partial charge in [-0.15, -0.1) is 0 Å². The summed E-state index contributed by atoms with van der Waals surface area (Å²) >= 11 is 0. The average molecular weight is 339 g/mol. The highest BCUT2D eigenvalue weighted by Crippen LogP contribution is 2.34. The van der Waals surface area contributed by atoms with Crippen LogP contribution in [0.2, 0.25) is 0 Å². The summed E-state index contributed by atoms with van der Waals surface area (Å²) in [6, 6.07) is 15.3. The molecule has 6 nitrogen and oxygen atoms in total. The molecule has 3 amide bonds. The molecular weight excluding hydrogens is 318 g/mol. The van der Waals surface area contributed by atoms with Gasteiger partial charge >= 0.3 is 6.03 Å². The predicted molar refractivity (Wildman–Crippen MR) is 94.0 cm³/mol. The minimum atomic E-state index is -0.833. The van der Waals surface area contributed by atoms with Crippen LogP contribution in [0.3, 0.4) is 0 Å². The van der Waals surface area contributed by atoms with E-state index in [0.717, 1.165) is 23.3 Å². The number of primary amides is 1. The molecular formula is C19H21N3O3. The van der Waals surface area contributed by atoms with E-state index in [4.69, 9.17) is 10.5 Å². The van der Waals surface area contributed by atoms with Gasteiger partial charge in [-0.25, -0.2) is 4.79 Å². The predicted octanol–water partition coefficient (Wildman–Crippen LogP) is 1.99. The maximum Gasteiger partial charge on any atom is 0.318 e. The molecule has 0 unspecified atom stereocenters. The van der Waals surface area contributed by atoms with Crippen LogP contribution in [0, 0.1) is 0 Å². The Morgan fingerprint density at radius 3 is 2.64 bits per heavy atom. The molecule has 6 heteroatoms. The Morgan fingerprint density at radius 1 is 1.20 bits per heavy atom. The quantitative estimate of drug-likeness (QED) is 0.892. The highest BCUT2D eigenvalue weighted by molar-refractivity contribution is 5.94. The molecule has 0 saturated heterocycles. The van der Waals surface area contributed by atoms with Crippen molar-refractivity contribution in [3.63, 3.8) is 0 Å². The molecule has 0 bridgehead atoms. The third-order valence-corrected chi connectivity index (χ3v) is 4.43. The van der Waals surface area contributed by atoms with E-state index in [1.807, 2.05) is 30.3 Å². The summed E-state index contributed by atoms with van der Waals surface area (Å²) in [7, 11) is 1.63. The second kappa shape index (κ2) is 7.36. The van der Waals surface area contributed by atoms with E-state index in [0.29, 0.717) is 6.54 Å². The van der Waals surface area contributed by atoms with Crippen molar-refractivity contribution < 1.29 is 14.3 Å². The molecule has 1 aliphatic rings. The zero-order chi connectivity index (χ0) is 17.8. The molecule has 1 heterocycles. The first-order valence-electron chi connectivity index (χ1n) is 8.11. The van der Waals surface area contributed by atoms with Crippen LogP contribution in [-0.4, -0.2) is 30.5 Å². The fourth-order valence-electron chi connectivity index (χ4n) is 3.27. The lowest BCUT2D eigenvalue weighted by Crippen LogP contribution is -2.44. The SMILES string of the molecule is COc1ccc2c(c1)CN(CC(=O)NC(N)=O)[C@H](c1ccccc1)C2. The summed E-state index contributed by atoms with van der Waals surface area (Å²) in [5, 5.41) is 2.14. The Morgan fingerprint density at radius 2 is 1.96 bits per heavy atom. The largest absolute Gasteiger partial charge is 0.497 e. The number of fused-ring (bicyclic) bond motifs is 1. The van der Waals surface area contributed by atoms with Crippen LogP contribution in [0.5, 0.6) is 5.75 Å². The van der Waals surface area contributed by atoms with Crippen molar-refractivity contribution in [3.05, 3.63) is 65.2 Å². The maximum absolute atomic E-state index is 12.1. The molecule has 0 radical (unpaired) electrons. The smallest absolute Gasteiger partial charge is 0.318 e. The molecule has 25 heavy (non-hydrogen) atoms. The molecule has 0 fully saturated rings. The lowest BCUT2D eigenvalue weighted by atomic mass is 9.89. The van der Waals surface area contributed by atoms with E-state index in [2.05, 4.69) is 28.4 Å². The Labute approximate surface area is 146 Å². The number of benzene rings is 2. The second-order valence-corrected chi connectivity index (χ2v) is 6.08. The number of nitrogens with two attached hydrogens (primary N) is 1. The molecule has 130 valence electrons. The summed E-state index contributed by atoms with van der Waals surface area (Å²) in [5.41, 5.74) is 8.55. The highest BCUT2D eigenvalue weighted by Gasteiger charge is 2.29. The number of urea groups is 1. The Bertz CT molecular complexity index is 777.